The lowest BCUT2D eigenvalue weighted by atomic mass is 9.81. The van der Waals surface area contributed by atoms with E-state index in [9.17, 15) is 9.90 Å². The molecule has 0 saturated heterocycles. The third-order valence-electron chi connectivity index (χ3n) is 7.04. The number of aliphatic hydroxyl groups is 1. The van der Waals surface area contributed by atoms with Crippen LogP contribution in [0.4, 0.5) is 11.4 Å². The lowest BCUT2D eigenvalue weighted by molar-refractivity contribution is -0.120. The Morgan fingerprint density at radius 1 is 1.00 bits per heavy atom. The van der Waals surface area contributed by atoms with Crippen molar-refractivity contribution in [1.29, 1.82) is 0 Å². The fraction of sp³-hybridized carbons (Fsp3) is 0.387. The van der Waals surface area contributed by atoms with E-state index in [2.05, 4.69) is 73.3 Å². The zero-order valence-electron chi connectivity index (χ0n) is 21.9. The number of amides is 1. The molecule has 5 nitrogen and oxygen atoms in total. The molecule has 1 atom stereocenters. The van der Waals surface area contributed by atoms with Crippen LogP contribution in [0.2, 0.25) is 0 Å². The Kier molecular flexibility index (Phi) is 8.32. The Hall–Kier alpha value is -3.31. The molecule has 0 heterocycles. The summed E-state index contributed by atoms with van der Waals surface area (Å²) >= 11 is 0. The van der Waals surface area contributed by atoms with Gasteiger partial charge in [0.2, 0.25) is 5.91 Å². The predicted molar refractivity (Wildman–Crippen MR) is 147 cm³/mol. The summed E-state index contributed by atoms with van der Waals surface area (Å²) in [6.45, 7) is 5.10. The second kappa shape index (κ2) is 11.6. The second-order valence-electron chi connectivity index (χ2n) is 10.1. The minimum Gasteiger partial charge on any atom is -0.491 e. The maximum absolute atomic E-state index is 14.2. The van der Waals surface area contributed by atoms with Crippen molar-refractivity contribution in [3.63, 3.8) is 0 Å². The summed E-state index contributed by atoms with van der Waals surface area (Å²) in [5.41, 5.74) is 6.55. The van der Waals surface area contributed by atoms with Gasteiger partial charge in [0.15, 0.2) is 0 Å². The lowest BCUT2D eigenvalue weighted by Crippen LogP contribution is -2.36. The Morgan fingerprint density at radius 2 is 1.69 bits per heavy atom. The highest BCUT2D eigenvalue weighted by Crippen LogP contribution is 2.39. The number of rotatable bonds is 9. The monoisotopic (exact) mass is 486 g/mol. The third-order valence-corrected chi connectivity index (χ3v) is 7.04. The molecule has 1 unspecified atom stereocenters. The molecule has 3 aromatic rings. The Labute approximate surface area is 215 Å². The van der Waals surface area contributed by atoms with Crippen molar-refractivity contribution in [3.8, 4) is 5.75 Å². The van der Waals surface area contributed by atoms with Gasteiger partial charge < -0.3 is 19.6 Å². The van der Waals surface area contributed by atoms with E-state index < -0.39 is 0 Å². The fourth-order valence-electron chi connectivity index (χ4n) is 4.97. The molecule has 36 heavy (non-hydrogen) atoms. The number of benzene rings is 3. The first-order valence-corrected chi connectivity index (χ1v) is 12.9. The van der Waals surface area contributed by atoms with Gasteiger partial charge >= 0.3 is 0 Å². The number of nitrogens with zero attached hydrogens (tertiary/aromatic N) is 2. The standard InChI is InChI=1S/C31H38N2O3/c1-22(2)24-13-17-26(18-14-24)33(21-23-11-15-25(16-12-23)32(3)4)31(35)29-9-5-8-28-27(29)7-6-10-30(28)36-20-19-34/h6-7,10-18,22,29,34H,5,8-9,19-21H2,1-4H3. The quantitative estimate of drug-likeness (QED) is 0.409. The highest BCUT2D eigenvalue weighted by molar-refractivity contribution is 5.98. The van der Waals surface area contributed by atoms with Crippen LogP contribution in [0.3, 0.4) is 0 Å². The van der Waals surface area contributed by atoms with Gasteiger partial charge in [0.1, 0.15) is 12.4 Å². The average molecular weight is 487 g/mol. The lowest BCUT2D eigenvalue weighted by Gasteiger charge is -2.32. The molecule has 0 spiro atoms. The van der Waals surface area contributed by atoms with Gasteiger partial charge in [-0.05, 0) is 77.8 Å². The molecule has 0 aromatic heterocycles. The van der Waals surface area contributed by atoms with E-state index in [0.717, 1.165) is 53.1 Å². The number of carbonyl (C=O) groups excluding carboxylic acids is 1. The zero-order chi connectivity index (χ0) is 25.7. The van der Waals surface area contributed by atoms with E-state index in [-0.39, 0.29) is 25.0 Å². The average Bonchev–Trinajstić information content (AvgIpc) is 2.90. The molecule has 4 rings (SSSR count). The van der Waals surface area contributed by atoms with Crippen LogP contribution in [-0.2, 0) is 17.8 Å². The molecule has 0 fully saturated rings. The molecule has 1 aliphatic rings. The first kappa shape index (κ1) is 25.8. The predicted octanol–water partition coefficient (Wildman–Crippen LogP) is 5.90. The van der Waals surface area contributed by atoms with Crippen LogP contribution in [0.15, 0.2) is 66.7 Å². The molecule has 0 saturated carbocycles. The van der Waals surface area contributed by atoms with Crippen LogP contribution < -0.4 is 14.5 Å². The normalized spacial score (nSPS) is 14.9. The van der Waals surface area contributed by atoms with Gasteiger partial charge in [0.25, 0.3) is 0 Å². The summed E-state index contributed by atoms with van der Waals surface area (Å²) in [6.07, 6.45) is 2.63. The summed E-state index contributed by atoms with van der Waals surface area (Å²) in [7, 11) is 4.06. The molecule has 1 N–H and O–H groups in total. The van der Waals surface area contributed by atoms with E-state index in [1.165, 1.54) is 5.56 Å². The Morgan fingerprint density at radius 3 is 2.33 bits per heavy atom. The highest BCUT2D eigenvalue weighted by Gasteiger charge is 2.32. The van der Waals surface area contributed by atoms with Gasteiger partial charge in [-0.3, -0.25) is 4.79 Å². The van der Waals surface area contributed by atoms with Crippen molar-refractivity contribution in [3.05, 3.63) is 89.0 Å². The second-order valence-corrected chi connectivity index (χ2v) is 10.1. The Balaban J connectivity index is 1.68. The van der Waals surface area contributed by atoms with Crippen molar-refractivity contribution >= 4 is 17.3 Å². The molecule has 0 aliphatic heterocycles. The van der Waals surface area contributed by atoms with Gasteiger partial charge in [0, 0.05) is 25.5 Å². The third kappa shape index (κ3) is 5.73. The van der Waals surface area contributed by atoms with Crippen LogP contribution in [0.1, 0.15) is 60.8 Å². The number of carbonyl (C=O) groups is 1. The Bertz CT molecular complexity index is 1150. The zero-order valence-corrected chi connectivity index (χ0v) is 21.9. The molecule has 1 amide bonds. The molecular formula is C31H38N2O3. The molecule has 3 aromatic carbocycles. The minimum absolute atomic E-state index is 0.0290. The summed E-state index contributed by atoms with van der Waals surface area (Å²) in [4.78, 5) is 18.2. The van der Waals surface area contributed by atoms with E-state index in [4.69, 9.17) is 4.74 Å². The summed E-state index contributed by atoms with van der Waals surface area (Å²) < 4.78 is 5.81. The highest BCUT2D eigenvalue weighted by atomic mass is 16.5. The van der Waals surface area contributed by atoms with Gasteiger partial charge in [-0.1, -0.05) is 50.2 Å². The van der Waals surface area contributed by atoms with Gasteiger partial charge in [-0.15, -0.1) is 0 Å². The number of hydrogen-bond donors (Lipinski definition) is 1. The van der Waals surface area contributed by atoms with Crippen LogP contribution in [0, 0.1) is 0 Å². The van der Waals surface area contributed by atoms with Crippen molar-refractivity contribution < 1.29 is 14.6 Å². The topological polar surface area (TPSA) is 53.0 Å². The first-order chi connectivity index (χ1) is 17.4. The minimum atomic E-state index is -0.225. The van der Waals surface area contributed by atoms with E-state index >= 15 is 0 Å². The van der Waals surface area contributed by atoms with Crippen LogP contribution in [0.5, 0.6) is 5.75 Å². The van der Waals surface area contributed by atoms with Crippen molar-refractivity contribution in [2.45, 2.75) is 51.5 Å². The smallest absolute Gasteiger partial charge is 0.234 e. The summed E-state index contributed by atoms with van der Waals surface area (Å²) in [6, 6.07) is 22.8. The van der Waals surface area contributed by atoms with E-state index in [0.29, 0.717) is 12.5 Å². The molecular weight excluding hydrogens is 448 g/mol. The molecule has 0 bridgehead atoms. The van der Waals surface area contributed by atoms with Crippen molar-refractivity contribution in [1.82, 2.24) is 0 Å². The maximum atomic E-state index is 14.2. The van der Waals surface area contributed by atoms with Crippen molar-refractivity contribution in [2.75, 3.05) is 37.1 Å². The van der Waals surface area contributed by atoms with Gasteiger partial charge in [-0.25, -0.2) is 0 Å². The fourth-order valence-corrected chi connectivity index (χ4v) is 4.97. The summed E-state index contributed by atoms with van der Waals surface area (Å²) in [5, 5.41) is 9.22. The summed E-state index contributed by atoms with van der Waals surface area (Å²) in [5.74, 6) is 1.11. The number of ether oxygens (including phenoxy) is 1. The first-order valence-electron chi connectivity index (χ1n) is 12.9. The van der Waals surface area contributed by atoms with Crippen LogP contribution in [-0.4, -0.2) is 38.3 Å². The number of aliphatic hydroxyl groups excluding tert-OH is 1. The van der Waals surface area contributed by atoms with Crippen LogP contribution >= 0.6 is 0 Å². The number of anilines is 2. The largest absolute Gasteiger partial charge is 0.491 e. The molecule has 190 valence electrons. The van der Waals surface area contributed by atoms with Gasteiger partial charge in [-0.2, -0.15) is 0 Å². The number of hydrogen-bond acceptors (Lipinski definition) is 4. The van der Waals surface area contributed by atoms with E-state index in [1.807, 2.05) is 31.1 Å². The molecule has 1 aliphatic carbocycles. The SMILES string of the molecule is CC(C)c1ccc(N(Cc2ccc(N(C)C)cc2)C(=O)C2CCCc3c(OCCO)cccc32)cc1. The van der Waals surface area contributed by atoms with Gasteiger partial charge in [0.05, 0.1) is 19.1 Å². The molecule has 5 heteroatoms. The van der Waals surface area contributed by atoms with Crippen LogP contribution in [0.25, 0.3) is 0 Å². The number of fused-ring (bicyclic) bond motifs is 1. The van der Waals surface area contributed by atoms with E-state index in [1.54, 1.807) is 0 Å². The van der Waals surface area contributed by atoms with Crippen molar-refractivity contribution in [2.24, 2.45) is 0 Å². The molecule has 0 radical (unpaired) electrons. The maximum Gasteiger partial charge on any atom is 0.234 e.